The van der Waals surface area contributed by atoms with Crippen LogP contribution in [0.1, 0.15) is 33.5 Å². The third-order valence-corrected chi connectivity index (χ3v) is 7.00. The van der Waals surface area contributed by atoms with E-state index in [0.717, 1.165) is 23.1 Å². The number of hydrogen-bond donors (Lipinski definition) is 3. The largest absolute Gasteiger partial charge is 0.378 e. The van der Waals surface area contributed by atoms with Crippen molar-refractivity contribution >= 4 is 17.7 Å². The van der Waals surface area contributed by atoms with E-state index in [-0.39, 0.29) is 23.8 Å². The molecule has 8 nitrogen and oxygen atoms in total. The predicted molar refractivity (Wildman–Crippen MR) is 159 cm³/mol. The van der Waals surface area contributed by atoms with E-state index in [1.165, 1.54) is 6.08 Å². The topological polar surface area (TPSA) is 114 Å². The lowest BCUT2D eigenvalue weighted by Gasteiger charge is -2.26. The SMILES string of the molecule is N[C@@H](Cc1ccc(C(=O)N2CCOCC2)cc1)C(=O)N[C@H](/C=C/C(=O)NCc1ccccc1)CCc1ccccc1. The minimum absolute atomic E-state index is 0.0252. The van der Waals surface area contributed by atoms with Gasteiger partial charge < -0.3 is 26.0 Å². The van der Waals surface area contributed by atoms with Crippen LogP contribution in [0, 0.1) is 0 Å². The highest BCUT2D eigenvalue weighted by atomic mass is 16.5. The van der Waals surface area contributed by atoms with Gasteiger partial charge in [0, 0.05) is 37.3 Å². The van der Waals surface area contributed by atoms with Gasteiger partial charge in [-0.25, -0.2) is 0 Å². The fourth-order valence-electron chi connectivity index (χ4n) is 4.60. The van der Waals surface area contributed by atoms with Crippen molar-refractivity contribution in [1.29, 1.82) is 0 Å². The maximum atomic E-state index is 13.1. The van der Waals surface area contributed by atoms with E-state index in [2.05, 4.69) is 10.6 Å². The summed E-state index contributed by atoms with van der Waals surface area (Å²) in [6, 6.07) is 25.7. The summed E-state index contributed by atoms with van der Waals surface area (Å²) in [5.74, 6) is -0.558. The van der Waals surface area contributed by atoms with Crippen LogP contribution in [0.4, 0.5) is 0 Å². The van der Waals surface area contributed by atoms with Gasteiger partial charge in [-0.15, -0.1) is 0 Å². The Bertz CT molecular complexity index is 1290. The molecule has 0 bridgehead atoms. The Morgan fingerprint density at radius 2 is 1.49 bits per heavy atom. The summed E-state index contributed by atoms with van der Waals surface area (Å²) in [6.07, 6.45) is 4.86. The fraction of sp³-hybridized carbons (Fsp3) is 0.303. The Morgan fingerprint density at radius 1 is 0.854 bits per heavy atom. The normalized spacial score (nSPS) is 14.8. The molecule has 4 N–H and O–H groups in total. The molecule has 0 aromatic heterocycles. The first-order valence-corrected chi connectivity index (χ1v) is 14.0. The molecule has 3 aromatic carbocycles. The summed E-state index contributed by atoms with van der Waals surface area (Å²) < 4.78 is 5.32. The van der Waals surface area contributed by atoms with Gasteiger partial charge in [-0.2, -0.15) is 0 Å². The number of aryl methyl sites for hydroxylation is 1. The van der Waals surface area contributed by atoms with E-state index >= 15 is 0 Å². The molecular formula is C33H38N4O4. The summed E-state index contributed by atoms with van der Waals surface area (Å²) in [7, 11) is 0. The van der Waals surface area contributed by atoms with E-state index in [4.69, 9.17) is 10.5 Å². The van der Waals surface area contributed by atoms with Crippen molar-refractivity contribution < 1.29 is 19.1 Å². The zero-order valence-electron chi connectivity index (χ0n) is 23.2. The Morgan fingerprint density at radius 3 is 2.15 bits per heavy atom. The van der Waals surface area contributed by atoms with Crippen LogP contribution >= 0.6 is 0 Å². The van der Waals surface area contributed by atoms with E-state index in [9.17, 15) is 14.4 Å². The first-order chi connectivity index (χ1) is 20.0. The molecule has 4 rings (SSSR count). The number of nitrogens with one attached hydrogen (secondary N) is 2. The lowest BCUT2D eigenvalue weighted by molar-refractivity contribution is -0.123. The van der Waals surface area contributed by atoms with Crippen LogP contribution in [-0.4, -0.2) is 61.0 Å². The quantitative estimate of drug-likeness (QED) is 0.298. The Labute approximate surface area is 241 Å². The molecule has 214 valence electrons. The molecule has 3 aromatic rings. The van der Waals surface area contributed by atoms with Gasteiger partial charge >= 0.3 is 0 Å². The van der Waals surface area contributed by atoms with Crippen molar-refractivity contribution in [3.8, 4) is 0 Å². The van der Waals surface area contributed by atoms with Crippen LogP contribution < -0.4 is 16.4 Å². The van der Waals surface area contributed by atoms with E-state index in [1.54, 1.807) is 23.1 Å². The molecule has 1 saturated heterocycles. The number of carbonyl (C=O) groups is 3. The van der Waals surface area contributed by atoms with Crippen molar-refractivity contribution in [1.82, 2.24) is 15.5 Å². The predicted octanol–water partition coefficient (Wildman–Crippen LogP) is 3.02. The highest BCUT2D eigenvalue weighted by Crippen LogP contribution is 2.12. The van der Waals surface area contributed by atoms with Crippen LogP contribution in [0.2, 0.25) is 0 Å². The van der Waals surface area contributed by atoms with Gasteiger partial charge in [0.1, 0.15) is 0 Å². The second kappa shape index (κ2) is 15.5. The molecule has 1 aliphatic rings. The Balaban J connectivity index is 1.33. The zero-order valence-corrected chi connectivity index (χ0v) is 23.2. The summed E-state index contributed by atoms with van der Waals surface area (Å²) in [5, 5.41) is 5.88. The summed E-state index contributed by atoms with van der Waals surface area (Å²) in [6.45, 7) is 2.69. The maximum absolute atomic E-state index is 13.1. The molecule has 1 heterocycles. The Hall–Kier alpha value is -4.27. The van der Waals surface area contributed by atoms with Crippen LogP contribution in [-0.2, 0) is 33.7 Å². The summed E-state index contributed by atoms with van der Waals surface area (Å²) in [5.41, 5.74) is 9.90. The number of hydrogen-bond acceptors (Lipinski definition) is 5. The molecule has 0 unspecified atom stereocenters. The van der Waals surface area contributed by atoms with E-state index < -0.39 is 6.04 Å². The summed E-state index contributed by atoms with van der Waals surface area (Å²) >= 11 is 0. The lowest BCUT2D eigenvalue weighted by atomic mass is 10.0. The molecule has 3 amide bonds. The minimum Gasteiger partial charge on any atom is -0.378 e. The van der Waals surface area contributed by atoms with E-state index in [1.807, 2.05) is 72.8 Å². The number of morpholine rings is 1. The number of rotatable bonds is 12. The standard InChI is InChI=1S/C33H38N4O4/c34-30(23-26-11-14-28(15-12-26)33(40)37-19-21-41-22-20-37)32(39)36-29(16-13-25-7-3-1-4-8-25)17-18-31(38)35-24-27-9-5-2-6-10-27/h1-12,14-15,17-18,29-30H,13,16,19-24,34H2,(H,35,38)(H,36,39)/b18-17+/t29-,30-/m0/s1. The number of nitrogens with two attached hydrogens (primary N) is 1. The first kappa shape index (κ1) is 29.7. The molecule has 41 heavy (non-hydrogen) atoms. The average molecular weight is 555 g/mol. The first-order valence-electron chi connectivity index (χ1n) is 14.0. The van der Waals surface area contributed by atoms with E-state index in [0.29, 0.717) is 51.3 Å². The van der Waals surface area contributed by atoms with Crippen LogP contribution in [0.15, 0.2) is 97.1 Å². The average Bonchev–Trinajstić information content (AvgIpc) is 3.02. The number of ether oxygens (including phenoxy) is 1. The van der Waals surface area contributed by atoms with Gasteiger partial charge in [-0.05, 0) is 48.1 Å². The minimum atomic E-state index is -0.782. The highest BCUT2D eigenvalue weighted by molar-refractivity contribution is 5.94. The van der Waals surface area contributed by atoms with Gasteiger partial charge in [0.25, 0.3) is 5.91 Å². The Kier molecular flexibility index (Phi) is 11.2. The number of benzene rings is 3. The maximum Gasteiger partial charge on any atom is 0.254 e. The van der Waals surface area contributed by atoms with Gasteiger partial charge in [0.15, 0.2) is 0 Å². The second-order valence-electron chi connectivity index (χ2n) is 10.1. The molecule has 1 aliphatic heterocycles. The van der Waals surface area contributed by atoms with Crippen molar-refractivity contribution in [3.63, 3.8) is 0 Å². The van der Waals surface area contributed by atoms with Crippen LogP contribution in [0.3, 0.4) is 0 Å². The molecular weight excluding hydrogens is 516 g/mol. The van der Waals surface area contributed by atoms with Gasteiger partial charge in [-0.3, -0.25) is 14.4 Å². The fourth-order valence-corrected chi connectivity index (χ4v) is 4.60. The number of nitrogens with zero attached hydrogens (tertiary/aromatic N) is 1. The van der Waals surface area contributed by atoms with Crippen molar-refractivity contribution in [2.24, 2.45) is 5.73 Å². The van der Waals surface area contributed by atoms with Gasteiger partial charge in [0.05, 0.1) is 19.3 Å². The smallest absolute Gasteiger partial charge is 0.254 e. The van der Waals surface area contributed by atoms with Crippen molar-refractivity contribution in [2.45, 2.75) is 37.9 Å². The van der Waals surface area contributed by atoms with Gasteiger partial charge in [-0.1, -0.05) is 78.9 Å². The number of amides is 3. The number of carbonyl (C=O) groups excluding carboxylic acids is 3. The summed E-state index contributed by atoms with van der Waals surface area (Å²) in [4.78, 5) is 40.0. The molecule has 0 spiro atoms. The molecule has 2 atom stereocenters. The third kappa shape index (κ3) is 9.70. The van der Waals surface area contributed by atoms with Gasteiger partial charge in [0.2, 0.25) is 11.8 Å². The monoisotopic (exact) mass is 554 g/mol. The lowest BCUT2D eigenvalue weighted by Crippen LogP contribution is -2.46. The molecule has 0 radical (unpaired) electrons. The van der Waals surface area contributed by atoms with Crippen LogP contribution in [0.5, 0.6) is 0 Å². The molecule has 8 heteroatoms. The molecule has 0 aliphatic carbocycles. The zero-order chi connectivity index (χ0) is 28.9. The van der Waals surface area contributed by atoms with Crippen molar-refractivity contribution in [3.05, 3.63) is 119 Å². The molecule has 1 fully saturated rings. The van der Waals surface area contributed by atoms with Crippen LogP contribution in [0.25, 0.3) is 0 Å². The highest BCUT2D eigenvalue weighted by Gasteiger charge is 2.20. The van der Waals surface area contributed by atoms with Crippen molar-refractivity contribution in [2.75, 3.05) is 26.3 Å². The second-order valence-corrected chi connectivity index (χ2v) is 10.1. The molecule has 0 saturated carbocycles. The third-order valence-electron chi connectivity index (χ3n) is 7.00.